The summed E-state index contributed by atoms with van der Waals surface area (Å²) in [6.45, 7) is 6.48. The number of hydrogen-bond donors (Lipinski definition) is 1. The van der Waals surface area contributed by atoms with Gasteiger partial charge in [0.05, 0.1) is 18.2 Å². The van der Waals surface area contributed by atoms with Gasteiger partial charge in [-0.1, -0.05) is 18.2 Å². The molecule has 2 unspecified atom stereocenters. The van der Waals surface area contributed by atoms with Crippen molar-refractivity contribution in [3.63, 3.8) is 0 Å². The summed E-state index contributed by atoms with van der Waals surface area (Å²) < 4.78 is 10.4. The number of benzene rings is 1. The molecule has 0 spiro atoms. The molecule has 0 aliphatic carbocycles. The standard InChI is InChI=1S/C22H26N2O7/c1-5-30-21(29)14-10-15-17(20(28)24(15)11-16(25)31-22(2,3)4)23-19(27)13-9-7-6-8-12(13)18(14)26/h6-9,14-15,17H,5,10-11H2,1-4H3,(H,23,27)/t14?,15-,17?/m0/s1. The normalized spacial score (nSPS) is 23.3. The van der Waals surface area contributed by atoms with Crippen LogP contribution in [0.25, 0.3) is 0 Å². The maximum Gasteiger partial charge on any atom is 0.326 e. The Morgan fingerprint density at radius 1 is 1.13 bits per heavy atom. The Morgan fingerprint density at radius 2 is 1.77 bits per heavy atom. The minimum Gasteiger partial charge on any atom is -0.465 e. The molecule has 0 aromatic heterocycles. The maximum atomic E-state index is 13.2. The third-order valence-corrected chi connectivity index (χ3v) is 5.14. The second kappa shape index (κ2) is 8.49. The van der Waals surface area contributed by atoms with E-state index in [0.717, 1.165) is 0 Å². The van der Waals surface area contributed by atoms with Crippen molar-refractivity contribution >= 4 is 29.5 Å². The third kappa shape index (κ3) is 4.60. The summed E-state index contributed by atoms with van der Waals surface area (Å²) >= 11 is 0. The number of fused-ring (bicyclic) bond motifs is 2. The number of nitrogens with one attached hydrogen (secondary N) is 1. The minimum atomic E-state index is -1.21. The fraction of sp³-hybridized carbons (Fsp3) is 0.500. The Morgan fingerprint density at radius 3 is 2.39 bits per heavy atom. The highest BCUT2D eigenvalue weighted by atomic mass is 16.6. The molecule has 2 heterocycles. The van der Waals surface area contributed by atoms with Gasteiger partial charge in [-0.15, -0.1) is 0 Å². The van der Waals surface area contributed by atoms with Crippen molar-refractivity contribution < 1.29 is 33.4 Å². The van der Waals surface area contributed by atoms with E-state index in [1.165, 1.54) is 17.0 Å². The Balaban J connectivity index is 1.94. The van der Waals surface area contributed by atoms with Crippen LogP contribution in [0.5, 0.6) is 0 Å². The van der Waals surface area contributed by atoms with E-state index < -0.39 is 53.1 Å². The first kappa shape index (κ1) is 22.5. The van der Waals surface area contributed by atoms with Crippen LogP contribution in [-0.4, -0.2) is 65.3 Å². The number of likely N-dealkylation sites (tertiary alicyclic amines) is 1. The molecule has 9 nitrogen and oxygen atoms in total. The van der Waals surface area contributed by atoms with Crippen molar-refractivity contribution in [2.75, 3.05) is 13.2 Å². The average molecular weight is 430 g/mol. The molecule has 2 aliphatic heterocycles. The van der Waals surface area contributed by atoms with Crippen LogP contribution in [0.4, 0.5) is 0 Å². The monoisotopic (exact) mass is 430 g/mol. The largest absolute Gasteiger partial charge is 0.465 e. The van der Waals surface area contributed by atoms with Crippen LogP contribution >= 0.6 is 0 Å². The summed E-state index contributed by atoms with van der Waals surface area (Å²) in [5, 5.41) is 2.64. The van der Waals surface area contributed by atoms with E-state index in [4.69, 9.17) is 9.47 Å². The molecule has 0 bridgehead atoms. The van der Waals surface area contributed by atoms with Crippen LogP contribution < -0.4 is 5.32 Å². The van der Waals surface area contributed by atoms with Crippen molar-refractivity contribution in [1.82, 2.24) is 10.2 Å². The van der Waals surface area contributed by atoms with Crippen molar-refractivity contribution in [3.8, 4) is 0 Å². The molecule has 0 saturated carbocycles. The van der Waals surface area contributed by atoms with E-state index in [9.17, 15) is 24.0 Å². The highest BCUT2D eigenvalue weighted by Crippen LogP contribution is 2.31. The first-order chi connectivity index (χ1) is 14.5. The minimum absolute atomic E-state index is 0.0779. The predicted molar refractivity (Wildman–Crippen MR) is 108 cm³/mol. The quantitative estimate of drug-likeness (QED) is 0.432. The summed E-state index contributed by atoms with van der Waals surface area (Å²) in [5.41, 5.74) is -0.561. The number of nitrogens with zero attached hydrogens (tertiary/aromatic N) is 1. The number of amides is 2. The maximum absolute atomic E-state index is 13.2. The molecular weight excluding hydrogens is 404 g/mol. The predicted octanol–water partition coefficient (Wildman–Crippen LogP) is 1.10. The fourth-order valence-electron chi connectivity index (χ4n) is 3.83. The molecule has 31 heavy (non-hydrogen) atoms. The van der Waals surface area contributed by atoms with E-state index in [2.05, 4.69) is 5.32 Å². The van der Waals surface area contributed by atoms with Gasteiger partial charge in [0.1, 0.15) is 24.1 Å². The number of rotatable bonds is 4. The lowest BCUT2D eigenvalue weighted by atomic mass is 9.83. The molecule has 1 aromatic rings. The number of carbonyl (C=O) groups excluding carboxylic acids is 5. The lowest BCUT2D eigenvalue weighted by Crippen LogP contribution is -2.71. The van der Waals surface area contributed by atoms with Gasteiger partial charge in [0.15, 0.2) is 5.78 Å². The Hall–Kier alpha value is -3.23. The van der Waals surface area contributed by atoms with Gasteiger partial charge in [-0.2, -0.15) is 0 Å². The Labute approximate surface area is 180 Å². The first-order valence-electron chi connectivity index (χ1n) is 10.2. The molecule has 9 heteroatoms. The molecule has 1 saturated heterocycles. The van der Waals surface area contributed by atoms with Crippen molar-refractivity contribution in [3.05, 3.63) is 35.4 Å². The third-order valence-electron chi connectivity index (χ3n) is 5.14. The van der Waals surface area contributed by atoms with Crippen LogP contribution in [0.15, 0.2) is 24.3 Å². The second-order valence-electron chi connectivity index (χ2n) is 8.52. The summed E-state index contributed by atoms with van der Waals surface area (Å²) in [7, 11) is 0. The van der Waals surface area contributed by atoms with Crippen molar-refractivity contribution in [1.29, 1.82) is 0 Å². The lowest BCUT2D eigenvalue weighted by Gasteiger charge is -2.47. The van der Waals surface area contributed by atoms with E-state index in [1.54, 1.807) is 39.8 Å². The molecular formula is C22H26N2O7. The molecule has 1 aromatic carbocycles. The Kier molecular flexibility index (Phi) is 6.15. The second-order valence-corrected chi connectivity index (χ2v) is 8.52. The molecule has 3 atom stereocenters. The molecule has 2 aliphatic rings. The highest BCUT2D eigenvalue weighted by molar-refractivity contribution is 6.15. The molecule has 3 rings (SSSR count). The molecule has 166 valence electrons. The number of carbonyl (C=O) groups is 5. The molecule has 1 fully saturated rings. The van der Waals surface area contributed by atoms with Gasteiger partial charge in [0, 0.05) is 5.56 Å². The molecule has 1 N–H and O–H groups in total. The average Bonchev–Trinajstić information content (AvgIpc) is 2.73. The van der Waals surface area contributed by atoms with Crippen molar-refractivity contribution in [2.24, 2.45) is 5.92 Å². The summed E-state index contributed by atoms with van der Waals surface area (Å²) in [6, 6.07) is 4.45. The van der Waals surface area contributed by atoms with Gasteiger partial charge < -0.3 is 19.7 Å². The SMILES string of the molecule is CCOC(=O)C1C[C@H]2C(NC(=O)c3ccccc3C1=O)C(=O)N2CC(=O)OC(C)(C)C. The van der Waals surface area contributed by atoms with E-state index in [1.807, 2.05) is 0 Å². The van der Waals surface area contributed by atoms with Crippen LogP contribution in [0, 0.1) is 5.92 Å². The van der Waals surface area contributed by atoms with E-state index in [0.29, 0.717) is 0 Å². The van der Waals surface area contributed by atoms with Gasteiger partial charge in [-0.25, -0.2) is 0 Å². The van der Waals surface area contributed by atoms with Crippen molar-refractivity contribution in [2.45, 2.75) is 51.8 Å². The smallest absolute Gasteiger partial charge is 0.326 e. The summed E-state index contributed by atoms with van der Waals surface area (Å²) in [6.07, 6.45) is -0.0779. The zero-order chi connectivity index (χ0) is 22.9. The number of esters is 2. The first-order valence-corrected chi connectivity index (χ1v) is 10.2. The number of hydrogen-bond acceptors (Lipinski definition) is 7. The van der Waals surface area contributed by atoms with Gasteiger partial charge in [-0.3, -0.25) is 24.0 Å². The van der Waals surface area contributed by atoms with Crippen LogP contribution in [0.3, 0.4) is 0 Å². The topological polar surface area (TPSA) is 119 Å². The van der Waals surface area contributed by atoms with Crippen LogP contribution in [0.1, 0.15) is 54.8 Å². The summed E-state index contributed by atoms with van der Waals surface area (Å²) in [4.78, 5) is 64.8. The number of ether oxygens (including phenoxy) is 2. The Bertz CT molecular complexity index is 934. The van der Waals surface area contributed by atoms with Crippen LogP contribution in [0.2, 0.25) is 0 Å². The van der Waals surface area contributed by atoms with Gasteiger partial charge >= 0.3 is 11.9 Å². The number of β-lactam (4-membered cyclic amide) rings is 1. The lowest BCUT2D eigenvalue weighted by molar-refractivity contribution is -0.168. The zero-order valence-electron chi connectivity index (χ0n) is 18.0. The number of Topliss-reactive ketones (excluding diaryl/α,β-unsaturated/α-hetero) is 1. The van der Waals surface area contributed by atoms with Gasteiger partial charge in [-0.05, 0) is 40.2 Å². The van der Waals surface area contributed by atoms with Gasteiger partial charge in [0.25, 0.3) is 5.91 Å². The highest BCUT2D eigenvalue weighted by Gasteiger charge is 2.52. The van der Waals surface area contributed by atoms with E-state index in [-0.39, 0.29) is 30.7 Å². The fourth-order valence-corrected chi connectivity index (χ4v) is 3.83. The molecule has 2 amide bonds. The van der Waals surface area contributed by atoms with Gasteiger partial charge in [0.2, 0.25) is 5.91 Å². The molecule has 0 radical (unpaired) electrons. The number of ketones is 1. The summed E-state index contributed by atoms with van der Waals surface area (Å²) in [5.74, 6) is -4.18. The zero-order valence-corrected chi connectivity index (χ0v) is 18.0. The van der Waals surface area contributed by atoms with E-state index >= 15 is 0 Å². The van der Waals surface area contributed by atoms with Crippen LogP contribution in [-0.2, 0) is 23.9 Å².